The number of anilines is 1. The van der Waals surface area contributed by atoms with E-state index in [1.165, 1.54) is 22.7 Å². The van der Waals surface area contributed by atoms with Gasteiger partial charge in [0.1, 0.15) is 23.0 Å². The molecule has 0 aliphatic carbocycles. The van der Waals surface area contributed by atoms with Gasteiger partial charge in [-0.25, -0.2) is 13.8 Å². The molecule has 0 spiro atoms. The van der Waals surface area contributed by atoms with E-state index < -0.39 is 23.2 Å². The van der Waals surface area contributed by atoms with Gasteiger partial charge in [0.2, 0.25) is 0 Å². The van der Waals surface area contributed by atoms with Crippen LogP contribution in [0, 0.1) is 18.6 Å². The van der Waals surface area contributed by atoms with Crippen LogP contribution in [0.2, 0.25) is 10.0 Å². The minimum Gasteiger partial charge on any atom is -0.316 e. The Morgan fingerprint density at radius 2 is 1.91 bits per heavy atom. The second-order valence-corrected chi connectivity index (χ2v) is 5.64. The number of rotatable bonds is 2. The molecule has 8 heteroatoms. The Hall–Kier alpha value is -2.18. The Labute approximate surface area is 139 Å². The summed E-state index contributed by atoms with van der Waals surface area (Å²) >= 11 is 12.0. The van der Waals surface area contributed by atoms with Gasteiger partial charge in [0.25, 0.3) is 5.91 Å². The van der Waals surface area contributed by atoms with Gasteiger partial charge < -0.3 is 5.32 Å². The highest BCUT2D eigenvalue weighted by atomic mass is 35.5. The predicted molar refractivity (Wildman–Crippen MR) is 84.3 cm³/mol. The van der Waals surface area contributed by atoms with Crippen molar-refractivity contribution in [3.05, 3.63) is 63.5 Å². The van der Waals surface area contributed by atoms with Crippen LogP contribution in [0.1, 0.15) is 16.2 Å². The van der Waals surface area contributed by atoms with E-state index in [2.05, 4.69) is 10.3 Å². The van der Waals surface area contributed by atoms with Gasteiger partial charge in [0.05, 0.1) is 15.7 Å². The van der Waals surface area contributed by atoms with Crippen LogP contribution in [0.3, 0.4) is 0 Å². The SMILES string of the molecule is Cc1nc2c(Cl)cc(Cl)cn2c1C(=O)Nc1c(F)cccc1F. The summed E-state index contributed by atoms with van der Waals surface area (Å²) in [5.74, 6) is -2.47. The lowest BCUT2D eigenvalue weighted by atomic mass is 10.2. The number of para-hydroxylation sites is 1. The standard InChI is InChI=1S/C15H9Cl2F2N3O/c1-7-13(22-6-8(16)5-9(17)14(22)20-7)15(23)21-12-10(18)3-2-4-11(12)19/h2-6H,1H3,(H,21,23). The lowest BCUT2D eigenvalue weighted by Crippen LogP contribution is -2.17. The molecular formula is C15H9Cl2F2N3O. The molecule has 0 saturated carbocycles. The summed E-state index contributed by atoms with van der Waals surface area (Å²) in [5, 5.41) is 2.77. The Morgan fingerprint density at radius 1 is 1.26 bits per heavy atom. The molecule has 2 heterocycles. The number of hydrogen-bond donors (Lipinski definition) is 1. The van der Waals surface area contributed by atoms with E-state index in [1.54, 1.807) is 6.92 Å². The van der Waals surface area contributed by atoms with Crippen LogP contribution in [0.4, 0.5) is 14.5 Å². The number of aryl methyl sites for hydroxylation is 1. The monoisotopic (exact) mass is 355 g/mol. The first-order valence-corrected chi connectivity index (χ1v) is 7.23. The summed E-state index contributed by atoms with van der Waals surface area (Å²) in [6.07, 6.45) is 1.45. The lowest BCUT2D eigenvalue weighted by molar-refractivity contribution is 0.101. The molecule has 2 aromatic heterocycles. The Morgan fingerprint density at radius 3 is 2.57 bits per heavy atom. The van der Waals surface area contributed by atoms with Crippen molar-refractivity contribution >= 4 is 40.4 Å². The van der Waals surface area contributed by atoms with E-state index in [9.17, 15) is 13.6 Å². The molecule has 118 valence electrons. The van der Waals surface area contributed by atoms with Gasteiger partial charge >= 0.3 is 0 Å². The number of carbonyl (C=O) groups excluding carboxylic acids is 1. The first-order chi connectivity index (χ1) is 10.9. The molecule has 0 bridgehead atoms. The smallest absolute Gasteiger partial charge is 0.274 e. The average molecular weight is 356 g/mol. The van der Waals surface area contributed by atoms with Crippen molar-refractivity contribution < 1.29 is 13.6 Å². The van der Waals surface area contributed by atoms with Crippen molar-refractivity contribution in [2.75, 3.05) is 5.32 Å². The van der Waals surface area contributed by atoms with E-state index in [-0.39, 0.29) is 10.7 Å². The van der Waals surface area contributed by atoms with Gasteiger partial charge in [-0.15, -0.1) is 0 Å². The van der Waals surface area contributed by atoms with Crippen molar-refractivity contribution in [2.24, 2.45) is 0 Å². The molecule has 0 aliphatic heterocycles. The largest absolute Gasteiger partial charge is 0.316 e. The molecule has 3 rings (SSSR count). The van der Waals surface area contributed by atoms with E-state index in [1.807, 2.05) is 0 Å². The van der Waals surface area contributed by atoms with Crippen molar-refractivity contribution in [3.63, 3.8) is 0 Å². The molecule has 0 radical (unpaired) electrons. The zero-order valence-corrected chi connectivity index (χ0v) is 13.2. The van der Waals surface area contributed by atoms with E-state index >= 15 is 0 Å². The Kier molecular flexibility index (Phi) is 3.95. The number of halogens is 4. The maximum Gasteiger partial charge on any atom is 0.274 e. The molecule has 0 saturated heterocycles. The van der Waals surface area contributed by atoms with Crippen LogP contribution < -0.4 is 5.32 Å². The zero-order chi connectivity index (χ0) is 16.7. The first kappa shape index (κ1) is 15.7. The van der Waals surface area contributed by atoms with Gasteiger partial charge in [0.15, 0.2) is 5.65 Å². The topological polar surface area (TPSA) is 46.4 Å². The van der Waals surface area contributed by atoms with Crippen molar-refractivity contribution in [1.29, 1.82) is 0 Å². The second kappa shape index (κ2) is 5.79. The molecule has 0 aliphatic rings. The molecule has 0 fully saturated rings. The number of aromatic nitrogens is 2. The van der Waals surface area contributed by atoms with Gasteiger partial charge in [0, 0.05) is 6.20 Å². The fourth-order valence-electron chi connectivity index (χ4n) is 2.25. The van der Waals surface area contributed by atoms with Gasteiger partial charge in [-0.2, -0.15) is 0 Å². The highest BCUT2D eigenvalue weighted by molar-refractivity contribution is 6.36. The summed E-state index contributed by atoms with van der Waals surface area (Å²) in [6, 6.07) is 4.80. The second-order valence-electron chi connectivity index (χ2n) is 4.80. The maximum absolute atomic E-state index is 13.7. The zero-order valence-electron chi connectivity index (χ0n) is 11.7. The molecule has 4 nitrogen and oxygen atoms in total. The highest BCUT2D eigenvalue weighted by Gasteiger charge is 2.21. The number of nitrogens with zero attached hydrogens (tertiary/aromatic N) is 2. The first-order valence-electron chi connectivity index (χ1n) is 6.47. The summed E-state index contributed by atoms with van der Waals surface area (Å²) < 4.78 is 28.7. The lowest BCUT2D eigenvalue weighted by Gasteiger charge is -2.08. The molecule has 1 N–H and O–H groups in total. The van der Waals surface area contributed by atoms with Crippen molar-refractivity contribution in [3.8, 4) is 0 Å². The van der Waals surface area contributed by atoms with Gasteiger partial charge in [-0.1, -0.05) is 29.3 Å². The van der Waals surface area contributed by atoms with E-state index in [0.717, 1.165) is 12.1 Å². The van der Waals surface area contributed by atoms with E-state index in [0.29, 0.717) is 16.4 Å². The number of nitrogens with one attached hydrogen (secondary N) is 1. The van der Waals surface area contributed by atoms with Crippen LogP contribution in [0.5, 0.6) is 0 Å². The van der Waals surface area contributed by atoms with E-state index in [4.69, 9.17) is 23.2 Å². The number of imidazole rings is 1. The molecule has 0 atom stereocenters. The summed E-state index contributed by atoms with van der Waals surface area (Å²) in [6.45, 7) is 1.59. The highest BCUT2D eigenvalue weighted by Crippen LogP contribution is 2.25. The maximum atomic E-state index is 13.7. The van der Waals surface area contributed by atoms with Crippen LogP contribution >= 0.6 is 23.2 Å². The van der Waals surface area contributed by atoms with Crippen LogP contribution in [-0.4, -0.2) is 15.3 Å². The van der Waals surface area contributed by atoms with Crippen LogP contribution in [0.25, 0.3) is 5.65 Å². The van der Waals surface area contributed by atoms with Gasteiger partial charge in [-0.05, 0) is 25.1 Å². The number of hydrogen-bond acceptors (Lipinski definition) is 2. The third kappa shape index (κ3) is 2.75. The molecular weight excluding hydrogens is 347 g/mol. The Balaban J connectivity index is 2.10. The number of amides is 1. The number of fused-ring (bicyclic) bond motifs is 1. The summed E-state index contributed by atoms with van der Waals surface area (Å²) in [7, 11) is 0. The quantitative estimate of drug-likeness (QED) is 0.736. The number of benzene rings is 1. The third-order valence-electron chi connectivity index (χ3n) is 3.23. The fraction of sp³-hybridized carbons (Fsp3) is 0.0667. The van der Waals surface area contributed by atoms with Gasteiger partial charge in [-0.3, -0.25) is 9.20 Å². The number of pyridine rings is 1. The Bertz CT molecular complexity index is 920. The minimum absolute atomic E-state index is 0.0899. The predicted octanol–water partition coefficient (Wildman–Crippen LogP) is 4.48. The fourth-order valence-corrected chi connectivity index (χ4v) is 2.76. The third-order valence-corrected chi connectivity index (χ3v) is 3.72. The minimum atomic E-state index is -0.874. The number of carbonyl (C=O) groups is 1. The summed E-state index contributed by atoms with van der Waals surface area (Å²) in [5.41, 5.74) is 0.239. The molecule has 1 amide bonds. The van der Waals surface area contributed by atoms with Crippen LogP contribution in [0.15, 0.2) is 30.5 Å². The average Bonchev–Trinajstić information content (AvgIpc) is 2.79. The summed E-state index contributed by atoms with van der Waals surface area (Å²) in [4.78, 5) is 16.6. The molecule has 3 aromatic rings. The van der Waals surface area contributed by atoms with Crippen molar-refractivity contribution in [1.82, 2.24) is 9.38 Å². The van der Waals surface area contributed by atoms with Crippen LogP contribution in [-0.2, 0) is 0 Å². The van der Waals surface area contributed by atoms with Crippen molar-refractivity contribution in [2.45, 2.75) is 6.92 Å². The molecule has 23 heavy (non-hydrogen) atoms. The molecule has 0 unspecified atom stereocenters. The normalized spacial score (nSPS) is 11.0. The molecule has 1 aromatic carbocycles.